The van der Waals surface area contributed by atoms with Crippen LogP contribution < -0.4 is 10.1 Å². The summed E-state index contributed by atoms with van der Waals surface area (Å²) in [6.07, 6.45) is -4.28. The van der Waals surface area contributed by atoms with Crippen LogP contribution in [0.1, 0.15) is 18.9 Å². The van der Waals surface area contributed by atoms with Gasteiger partial charge in [0.2, 0.25) is 0 Å². The summed E-state index contributed by atoms with van der Waals surface area (Å²) in [4.78, 5) is 0. The number of alkyl halides is 3. The van der Waals surface area contributed by atoms with Crippen molar-refractivity contribution in [3.63, 3.8) is 0 Å². The lowest BCUT2D eigenvalue weighted by Gasteiger charge is -2.13. The van der Waals surface area contributed by atoms with Gasteiger partial charge in [0.25, 0.3) is 0 Å². The van der Waals surface area contributed by atoms with Crippen molar-refractivity contribution < 1.29 is 17.9 Å². The minimum absolute atomic E-state index is 0.252. The molecule has 94 valence electrons. The topological polar surface area (TPSA) is 45.1 Å². The molecule has 0 fully saturated rings. The highest BCUT2D eigenvalue weighted by atomic mass is 19.4. The molecule has 17 heavy (non-hydrogen) atoms. The van der Waals surface area contributed by atoms with Crippen LogP contribution in [0.15, 0.2) is 18.2 Å². The first-order valence-electron chi connectivity index (χ1n) is 5.02. The molecule has 0 spiro atoms. The van der Waals surface area contributed by atoms with Gasteiger partial charge < -0.3 is 15.5 Å². The van der Waals surface area contributed by atoms with Crippen molar-refractivity contribution in [1.29, 1.82) is 5.41 Å². The maximum Gasteiger partial charge on any atom is 0.573 e. The molecule has 0 radical (unpaired) electrons. The van der Waals surface area contributed by atoms with Crippen LogP contribution in [-0.2, 0) is 0 Å². The monoisotopic (exact) mass is 246 g/mol. The van der Waals surface area contributed by atoms with Gasteiger partial charge in [-0.15, -0.1) is 13.2 Å². The first kappa shape index (κ1) is 13.3. The van der Waals surface area contributed by atoms with Gasteiger partial charge in [-0.05, 0) is 24.6 Å². The molecule has 1 rings (SSSR count). The molecule has 0 saturated carbocycles. The Morgan fingerprint density at radius 2 is 2.06 bits per heavy atom. The van der Waals surface area contributed by atoms with Gasteiger partial charge in [0.15, 0.2) is 0 Å². The van der Waals surface area contributed by atoms with E-state index in [1.807, 2.05) is 0 Å². The molecule has 0 unspecified atom stereocenters. The molecule has 0 aliphatic heterocycles. The minimum Gasteiger partial charge on any atom is -0.406 e. The third kappa shape index (κ3) is 3.65. The lowest BCUT2D eigenvalue weighted by molar-refractivity contribution is -0.274. The molecule has 0 heterocycles. The highest BCUT2D eigenvalue weighted by Crippen LogP contribution is 2.27. The van der Waals surface area contributed by atoms with Crippen molar-refractivity contribution in [3.05, 3.63) is 23.8 Å². The van der Waals surface area contributed by atoms with E-state index in [1.54, 1.807) is 14.0 Å². The molecule has 0 amide bonds. The zero-order chi connectivity index (χ0) is 13.1. The lowest BCUT2D eigenvalue weighted by Crippen LogP contribution is -2.17. The van der Waals surface area contributed by atoms with E-state index < -0.39 is 6.36 Å². The molecule has 0 atom stereocenters. The Morgan fingerprint density at radius 1 is 1.41 bits per heavy atom. The number of halogens is 3. The zero-order valence-corrected chi connectivity index (χ0v) is 9.48. The summed E-state index contributed by atoms with van der Waals surface area (Å²) in [5, 5.41) is 10.5. The maximum absolute atomic E-state index is 12.0. The SMILES string of the molecule is CCC(=N)c1cc(OC(F)(F)F)ccc1NC. The molecule has 3 nitrogen and oxygen atoms in total. The quantitative estimate of drug-likeness (QED) is 0.800. The van der Waals surface area contributed by atoms with Crippen molar-refractivity contribution in [2.75, 3.05) is 12.4 Å². The average Bonchev–Trinajstić information content (AvgIpc) is 2.25. The van der Waals surface area contributed by atoms with Crippen LogP contribution in [0.4, 0.5) is 18.9 Å². The Balaban J connectivity index is 3.09. The van der Waals surface area contributed by atoms with Crippen molar-refractivity contribution in [1.82, 2.24) is 0 Å². The number of ether oxygens (including phenoxy) is 1. The maximum atomic E-state index is 12.0. The van der Waals surface area contributed by atoms with E-state index in [0.717, 1.165) is 0 Å². The van der Waals surface area contributed by atoms with E-state index in [-0.39, 0.29) is 11.5 Å². The van der Waals surface area contributed by atoms with Crippen LogP contribution in [0.5, 0.6) is 5.75 Å². The number of nitrogens with one attached hydrogen (secondary N) is 2. The van der Waals surface area contributed by atoms with Gasteiger partial charge >= 0.3 is 6.36 Å². The molecule has 2 N–H and O–H groups in total. The van der Waals surface area contributed by atoms with Gasteiger partial charge in [-0.3, -0.25) is 0 Å². The number of rotatable bonds is 4. The first-order valence-corrected chi connectivity index (χ1v) is 5.02. The molecule has 1 aromatic carbocycles. The third-order valence-corrected chi connectivity index (χ3v) is 2.17. The van der Waals surface area contributed by atoms with E-state index >= 15 is 0 Å². The summed E-state index contributed by atoms with van der Waals surface area (Å²) in [6, 6.07) is 3.89. The average molecular weight is 246 g/mol. The summed E-state index contributed by atoms with van der Waals surface area (Å²) >= 11 is 0. The van der Waals surface area contributed by atoms with Crippen LogP contribution in [-0.4, -0.2) is 19.1 Å². The van der Waals surface area contributed by atoms with E-state index in [0.29, 0.717) is 17.7 Å². The fourth-order valence-electron chi connectivity index (χ4n) is 1.38. The van der Waals surface area contributed by atoms with Crippen LogP contribution in [0.3, 0.4) is 0 Å². The molecule has 1 aromatic rings. The van der Waals surface area contributed by atoms with Crippen molar-refractivity contribution in [3.8, 4) is 5.75 Å². The molecule has 0 aliphatic carbocycles. The van der Waals surface area contributed by atoms with E-state index in [4.69, 9.17) is 5.41 Å². The fourth-order valence-corrected chi connectivity index (χ4v) is 1.38. The molecule has 0 aliphatic rings. The predicted molar refractivity (Wildman–Crippen MR) is 59.8 cm³/mol. The van der Waals surface area contributed by atoms with Gasteiger partial charge in [-0.2, -0.15) is 0 Å². The number of benzene rings is 1. The number of anilines is 1. The van der Waals surface area contributed by atoms with Crippen LogP contribution in [0, 0.1) is 5.41 Å². The summed E-state index contributed by atoms with van der Waals surface area (Å²) in [5.74, 6) is -0.315. The highest BCUT2D eigenvalue weighted by molar-refractivity contribution is 6.03. The summed E-state index contributed by atoms with van der Waals surface area (Å²) in [5.41, 5.74) is 1.27. The van der Waals surface area contributed by atoms with E-state index in [1.165, 1.54) is 18.2 Å². The van der Waals surface area contributed by atoms with E-state index in [2.05, 4.69) is 10.1 Å². The van der Waals surface area contributed by atoms with Crippen LogP contribution >= 0.6 is 0 Å². The Bertz CT molecular complexity index is 416. The highest BCUT2D eigenvalue weighted by Gasteiger charge is 2.31. The smallest absolute Gasteiger partial charge is 0.406 e. The number of hydrogen-bond acceptors (Lipinski definition) is 3. The van der Waals surface area contributed by atoms with Gasteiger partial charge in [-0.25, -0.2) is 0 Å². The Morgan fingerprint density at radius 3 is 2.53 bits per heavy atom. The molecular weight excluding hydrogens is 233 g/mol. The van der Waals surface area contributed by atoms with Crippen LogP contribution in [0.2, 0.25) is 0 Å². The molecule has 0 saturated heterocycles. The zero-order valence-electron chi connectivity index (χ0n) is 9.48. The van der Waals surface area contributed by atoms with Gasteiger partial charge in [0.1, 0.15) is 5.75 Å². The largest absolute Gasteiger partial charge is 0.573 e. The second kappa shape index (κ2) is 5.07. The Labute approximate surface area is 97.1 Å². The molecule has 0 aromatic heterocycles. The van der Waals surface area contributed by atoms with Gasteiger partial charge in [0.05, 0.1) is 0 Å². The van der Waals surface area contributed by atoms with Crippen molar-refractivity contribution >= 4 is 11.4 Å². The van der Waals surface area contributed by atoms with Crippen molar-refractivity contribution in [2.24, 2.45) is 0 Å². The fraction of sp³-hybridized carbons (Fsp3) is 0.364. The van der Waals surface area contributed by atoms with Crippen LogP contribution in [0.25, 0.3) is 0 Å². The Hall–Kier alpha value is -1.72. The Kier molecular flexibility index (Phi) is 3.98. The molecule has 6 heteroatoms. The lowest BCUT2D eigenvalue weighted by atomic mass is 10.1. The third-order valence-electron chi connectivity index (χ3n) is 2.17. The first-order chi connectivity index (χ1) is 7.87. The molecule has 0 bridgehead atoms. The normalized spacial score (nSPS) is 11.1. The second-order valence-electron chi connectivity index (χ2n) is 3.34. The minimum atomic E-state index is -4.72. The van der Waals surface area contributed by atoms with Gasteiger partial charge in [0, 0.05) is 24.0 Å². The summed E-state index contributed by atoms with van der Waals surface area (Å²) in [7, 11) is 1.64. The predicted octanol–water partition coefficient (Wildman–Crippen LogP) is 3.40. The second-order valence-corrected chi connectivity index (χ2v) is 3.34. The summed E-state index contributed by atoms with van der Waals surface area (Å²) in [6.45, 7) is 1.76. The van der Waals surface area contributed by atoms with Crippen molar-refractivity contribution in [2.45, 2.75) is 19.7 Å². The number of hydrogen-bond donors (Lipinski definition) is 2. The summed E-state index contributed by atoms with van der Waals surface area (Å²) < 4.78 is 40.0. The van der Waals surface area contributed by atoms with E-state index in [9.17, 15) is 13.2 Å². The van der Waals surface area contributed by atoms with Gasteiger partial charge in [-0.1, -0.05) is 6.92 Å². The standard InChI is InChI=1S/C11H13F3N2O/c1-3-9(15)8-6-7(17-11(12,13)14)4-5-10(8)16-2/h4-6,15-16H,3H2,1-2H3. The molecular formula is C11H13F3N2O.